The van der Waals surface area contributed by atoms with E-state index < -0.39 is 0 Å². The Bertz CT molecular complexity index is 961. The fourth-order valence-electron chi connectivity index (χ4n) is 4.96. The Hall–Kier alpha value is -2.06. The van der Waals surface area contributed by atoms with E-state index in [1.165, 1.54) is 6.92 Å². The summed E-state index contributed by atoms with van der Waals surface area (Å²) in [5.41, 5.74) is 0.755. The summed E-state index contributed by atoms with van der Waals surface area (Å²) < 4.78 is 28.6. The molecule has 2 fully saturated rings. The number of hydrogen-bond donors (Lipinski definition) is 0. The van der Waals surface area contributed by atoms with Crippen molar-refractivity contribution in [2.45, 2.75) is 82.7 Å². The first kappa shape index (κ1) is 31.5. The van der Waals surface area contributed by atoms with Gasteiger partial charge in [-0.15, -0.1) is 11.6 Å². The molecule has 0 aromatic heterocycles. The first-order chi connectivity index (χ1) is 18.9. The van der Waals surface area contributed by atoms with Crippen LogP contribution < -0.4 is 4.74 Å². The lowest BCUT2D eigenvalue weighted by Crippen LogP contribution is -2.34. The molecule has 0 spiro atoms. The van der Waals surface area contributed by atoms with Crippen molar-refractivity contribution in [1.82, 2.24) is 0 Å². The number of benzene rings is 1. The number of hydrogen-bond acceptors (Lipinski definition) is 7. The molecule has 39 heavy (non-hydrogen) atoms. The van der Waals surface area contributed by atoms with E-state index in [0.29, 0.717) is 30.4 Å². The fourth-order valence-corrected chi connectivity index (χ4v) is 5.68. The predicted octanol–water partition coefficient (Wildman–Crippen LogP) is 6.78. The molecule has 1 aliphatic carbocycles. The van der Waals surface area contributed by atoms with Crippen molar-refractivity contribution in [2.24, 2.45) is 11.8 Å². The molecule has 1 saturated carbocycles. The molecule has 1 aromatic carbocycles. The molecule has 216 valence electrons. The zero-order valence-corrected chi connectivity index (χ0v) is 24.2. The Kier molecular flexibility index (Phi) is 13.6. The number of alkyl halides is 1. The molecular formula is C30H40Cl2O7. The molecule has 0 bridgehead atoms. The monoisotopic (exact) mass is 582 g/mol. The molecule has 1 unspecified atom stereocenters. The zero-order valence-electron chi connectivity index (χ0n) is 22.7. The van der Waals surface area contributed by atoms with Crippen molar-refractivity contribution in [3.05, 3.63) is 53.6 Å². The van der Waals surface area contributed by atoms with Crippen molar-refractivity contribution < 1.29 is 33.3 Å². The van der Waals surface area contributed by atoms with Crippen LogP contribution in [0.25, 0.3) is 0 Å². The lowest BCUT2D eigenvalue weighted by Gasteiger charge is -2.30. The highest BCUT2D eigenvalue weighted by atomic mass is 35.5. The van der Waals surface area contributed by atoms with Crippen LogP contribution in [0, 0.1) is 11.8 Å². The Morgan fingerprint density at radius 3 is 2.74 bits per heavy atom. The molecule has 3 rings (SSSR count). The molecule has 9 heteroatoms. The van der Waals surface area contributed by atoms with Crippen LogP contribution in [0.2, 0.25) is 5.02 Å². The maximum atomic E-state index is 11.6. The summed E-state index contributed by atoms with van der Waals surface area (Å²) in [5.74, 6) is 0.235. The Labute approximate surface area is 241 Å². The maximum absolute atomic E-state index is 11.6. The highest BCUT2D eigenvalue weighted by molar-refractivity contribution is 6.30. The van der Waals surface area contributed by atoms with Crippen molar-refractivity contribution in [3.8, 4) is 5.75 Å². The minimum atomic E-state index is -0.356. The van der Waals surface area contributed by atoms with E-state index in [1.54, 1.807) is 18.2 Å². The van der Waals surface area contributed by atoms with Gasteiger partial charge in [-0.05, 0) is 74.6 Å². The Morgan fingerprint density at radius 1 is 1.15 bits per heavy atom. The number of rotatable bonds is 15. The van der Waals surface area contributed by atoms with Gasteiger partial charge in [0, 0.05) is 36.3 Å². The Morgan fingerprint density at radius 2 is 2.00 bits per heavy atom. The molecule has 7 nitrogen and oxygen atoms in total. The number of carbonyl (C=O) groups is 2. The van der Waals surface area contributed by atoms with Gasteiger partial charge < -0.3 is 23.7 Å². The van der Waals surface area contributed by atoms with Crippen molar-refractivity contribution in [1.29, 1.82) is 0 Å². The Balaban J connectivity index is 1.61. The standard InChI is InChI=1S/C30H40Cl2O7/c1-3-13-35-29(34)11-7-5-4-6-10-25-26(28(18-27(25)32)39-30-12-8-9-14-36-30)20-38-24-16-22(15-23(31)17-24)19-37-21(2)33/h3-4,6,15-17,25-28,30H,1,5,7-14,18-20H2,2H3/b6-4-/t25-,26-,27-,28-,30?/m1/s1. The van der Waals surface area contributed by atoms with Crippen LogP contribution in [0.3, 0.4) is 0 Å². The van der Waals surface area contributed by atoms with Gasteiger partial charge in [0.05, 0.1) is 12.7 Å². The molecule has 2 aliphatic rings. The number of halogens is 2. The van der Waals surface area contributed by atoms with Crippen molar-refractivity contribution >= 4 is 35.1 Å². The minimum absolute atomic E-state index is 0.0486. The number of allylic oxidation sites excluding steroid dienone is 2. The van der Waals surface area contributed by atoms with E-state index >= 15 is 0 Å². The molecule has 1 aliphatic heterocycles. The second-order valence-electron chi connectivity index (χ2n) is 10.0. The quantitative estimate of drug-likeness (QED) is 0.0974. The minimum Gasteiger partial charge on any atom is -0.493 e. The highest BCUT2D eigenvalue weighted by Gasteiger charge is 2.44. The van der Waals surface area contributed by atoms with Gasteiger partial charge in [-0.1, -0.05) is 36.4 Å². The fraction of sp³-hybridized carbons (Fsp3) is 0.600. The molecule has 1 aromatic rings. The van der Waals surface area contributed by atoms with Crippen LogP contribution in [-0.4, -0.2) is 49.5 Å². The molecule has 0 N–H and O–H groups in total. The highest BCUT2D eigenvalue weighted by Crippen LogP contribution is 2.42. The van der Waals surface area contributed by atoms with E-state index in [1.807, 2.05) is 6.07 Å². The summed E-state index contributed by atoms with van der Waals surface area (Å²) in [5, 5.41) is 0.442. The largest absolute Gasteiger partial charge is 0.493 e. The second kappa shape index (κ2) is 16.9. The van der Waals surface area contributed by atoms with Crippen LogP contribution in [0.5, 0.6) is 5.75 Å². The van der Waals surface area contributed by atoms with Gasteiger partial charge in [-0.2, -0.15) is 0 Å². The predicted molar refractivity (Wildman–Crippen MR) is 151 cm³/mol. The van der Waals surface area contributed by atoms with Crippen LogP contribution in [0.1, 0.15) is 63.9 Å². The van der Waals surface area contributed by atoms with Gasteiger partial charge in [0.25, 0.3) is 0 Å². The smallest absolute Gasteiger partial charge is 0.306 e. The molecular weight excluding hydrogens is 543 g/mol. The zero-order chi connectivity index (χ0) is 28.0. The van der Waals surface area contributed by atoms with E-state index in [-0.39, 0.29) is 54.8 Å². The van der Waals surface area contributed by atoms with Gasteiger partial charge in [-0.25, -0.2) is 0 Å². The molecule has 0 radical (unpaired) electrons. The third kappa shape index (κ3) is 11.1. The summed E-state index contributed by atoms with van der Waals surface area (Å²) in [6.07, 6.45) is 11.9. The summed E-state index contributed by atoms with van der Waals surface area (Å²) >= 11 is 13.2. The van der Waals surface area contributed by atoms with Crippen LogP contribution in [0.15, 0.2) is 43.0 Å². The lowest BCUT2D eigenvalue weighted by atomic mass is 9.91. The van der Waals surface area contributed by atoms with Gasteiger partial charge in [-0.3, -0.25) is 9.59 Å². The topological polar surface area (TPSA) is 80.3 Å². The maximum Gasteiger partial charge on any atom is 0.306 e. The van der Waals surface area contributed by atoms with Gasteiger partial charge >= 0.3 is 11.9 Å². The summed E-state index contributed by atoms with van der Waals surface area (Å²) in [6.45, 7) is 6.40. The average Bonchev–Trinajstić information content (AvgIpc) is 3.20. The summed E-state index contributed by atoms with van der Waals surface area (Å²) in [6, 6.07) is 5.33. The van der Waals surface area contributed by atoms with Crippen LogP contribution in [-0.2, 0) is 35.1 Å². The van der Waals surface area contributed by atoms with E-state index in [2.05, 4.69) is 18.7 Å². The van der Waals surface area contributed by atoms with Crippen molar-refractivity contribution in [2.75, 3.05) is 19.8 Å². The van der Waals surface area contributed by atoms with Gasteiger partial charge in [0.1, 0.15) is 19.0 Å². The van der Waals surface area contributed by atoms with Gasteiger partial charge in [0.15, 0.2) is 6.29 Å². The van der Waals surface area contributed by atoms with Gasteiger partial charge in [0.2, 0.25) is 0 Å². The molecule has 1 saturated heterocycles. The molecule has 5 atom stereocenters. The third-order valence-corrected chi connectivity index (χ3v) is 7.64. The average molecular weight is 584 g/mol. The molecule has 1 heterocycles. The SMILES string of the molecule is C=CCOC(=O)CCC/C=C\C[C@@H]1[C@@H](COc2cc(Cl)cc(COC(C)=O)c2)[C@H](OC2CCCCO2)C[C@H]1Cl. The van der Waals surface area contributed by atoms with Crippen molar-refractivity contribution in [3.63, 3.8) is 0 Å². The van der Waals surface area contributed by atoms with E-state index in [9.17, 15) is 9.59 Å². The number of ether oxygens (including phenoxy) is 5. The summed E-state index contributed by atoms with van der Waals surface area (Å²) in [4.78, 5) is 22.9. The third-order valence-electron chi connectivity index (χ3n) is 6.92. The lowest BCUT2D eigenvalue weighted by molar-refractivity contribution is -0.197. The normalized spacial score (nSPS) is 24.9. The first-order valence-corrected chi connectivity index (χ1v) is 14.6. The number of unbranched alkanes of at least 4 members (excludes halogenated alkanes) is 1. The number of esters is 2. The number of carbonyl (C=O) groups excluding carboxylic acids is 2. The second-order valence-corrected chi connectivity index (χ2v) is 11.0. The summed E-state index contributed by atoms with van der Waals surface area (Å²) in [7, 11) is 0. The molecule has 0 amide bonds. The first-order valence-electron chi connectivity index (χ1n) is 13.7. The van der Waals surface area contributed by atoms with Crippen LogP contribution >= 0.6 is 23.2 Å². The van der Waals surface area contributed by atoms with Crippen LogP contribution in [0.4, 0.5) is 0 Å². The van der Waals surface area contributed by atoms with E-state index in [0.717, 1.165) is 50.5 Å². The van der Waals surface area contributed by atoms with E-state index in [4.69, 9.17) is 46.9 Å².